The molecule has 3 aliphatic rings. The van der Waals surface area contributed by atoms with Crippen LogP contribution in [0.1, 0.15) is 37.8 Å². The predicted octanol–water partition coefficient (Wildman–Crippen LogP) is 2.56. The zero-order valence-electron chi connectivity index (χ0n) is 17.5. The van der Waals surface area contributed by atoms with Crippen LogP contribution in [0, 0.1) is 0 Å². The second-order valence-corrected chi connectivity index (χ2v) is 7.90. The minimum atomic E-state index is -5.08. The van der Waals surface area contributed by atoms with Crippen LogP contribution in [0.3, 0.4) is 0 Å². The van der Waals surface area contributed by atoms with Crippen LogP contribution >= 0.6 is 0 Å². The second-order valence-electron chi connectivity index (χ2n) is 7.90. The van der Waals surface area contributed by atoms with Crippen molar-refractivity contribution in [3.8, 4) is 0 Å². The molecule has 0 aromatic carbocycles. The maximum absolute atomic E-state index is 12.6. The summed E-state index contributed by atoms with van der Waals surface area (Å²) in [4.78, 5) is 27.8. The van der Waals surface area contributed by atoms with E-state index in [0.717, 1.165) is 44.3 Å². The summed E-state index contributed by atoms with van der Waals surface area (Å²) >= 11 is 0. The van der Waals surface area contributed by atoms with Crippen LogP contribution in [-0.4, -0.2) is 77.2 Å². The Morgan fingerprint density at radius 3 is 2.62 bits per heavy atom. The van der Waals surface area contributed by atoms with Crippen LogP contribution < -0.4 is 0 Å². The summed E-state index contributed by atoms with van der Waals surface area (Å²) in [5.74, 6) is -2.59. The van der Waals surface area contributed by atoms with E-state index in [-0.39, 0.29) is 30.3 Å². The minimum absolute atomic E-state index is 0.114. The van der Waals surface area contributed by atoms with Crippen molar-refractivity contribution in [2.24, 2.45) is 0 Å². The molecule has 4 atom stereocenters. The van der Waals surface area contributed by atoms with Crippen molar-refractivity contribution in [3.63, 3.8) is 0 Å². The van der Waals surface area contributed by atoms with Crippen LogP contribution in [0.4, 0.5) is 13.2 Å². The Labute approximate surface area is 183 Å². The average molecular weight is 460 g/mol. The first-order chi connectivity index (χ1) is 15.3. The van der Waals surface area contributed by atoms with Crippen molar-refractivity contribution in [3.05, 3.63) is 30.1 Å². The predicted molar refractivity (Wildman–Crippen MR) is 105 cm³/mol. The molecule has 1 amide bonds. The molecule has 0 bridgehead atoms. The van der Waals surface area contributed by atoms with Gasteiger partial charge in [-0.25, -0.2) is 4.79 Å². The largest absolute Gasteiger partial charge is 0.490 e. The number of carbonyl (C=O) groups excluding carboxylic acids is 1. The summed E-state index contributed by atoms with van der Waals surface area (Å²) in [5.41, 5.74) is 0.936. The molecular weight excluding hydrogens is 433 g/mol. The fraction of sp³-hybridized carbons (Fsp3) is 0.667. The number of hydrogen-bond donors (Lipinski definition) is 1. The zero-order chi connectivity index (χ0) is 23.1. The van der Waals surface area contributed by atoms with Gasteiger partial charge in [-0.2, -0.15) is 13.2 Å². The summed E-state index contributed by atoms with van der Waals surface area (Å²) in [6.07, 6.45) is 1.41. The van der Waals surface area contributed by atoms with Crippen molar-refractivity contribution in [1.82, 2.24) is 9.88 Å². The summed E-state index contributed by atoms with van der Waals surface area (Å²) in [6.45, 7) is 2.60. The molecule has 0 saturated carbocycles. The third-order valence-electron chi connectivity index (χ3n) is 5.65. The number of carboxylic acid groups (broad SMARTS) is 1. The number of pyridine rings is 1. The number of likely N-dealkylation sites (tertiary alicyclic amines) is 1. The first kappa shape index (κ1) is 24.4. The third kappa shape index (κ3) is 6.63. The molecule has 178 valence electrons. The van der Waals surface area contributed by atoms with Gasteiger partial charge in [-0.3, -0.25) is 9.78 Å². The third-order valence-corrected chi connectivity index (χ3v) is 5.65. The van der Waals surface area contributed by atoms with E-state index in [0.29, 0.717) is 19.8 Å². The lowest BCUT2D eigenvalue weighted by Crippen LogP contribution is -2.48. The maximum atomic E-state index is 12.6. The van der Waals surface area contributed by atoms with Crippen molar-refractivity contribution in [2.75, 3.05) is 19.8 Å². The zero-order valence-corrected chi connectivity index (χ0v) is 17.5. The fourth-order valence-corrected chi connectivity index (χ4v) is 4.13. The van der Waals surface area contributed by atoms with Crippen LogP contribution in [0.2, 0.25) is 0 Å². The fourth-order valence-electron chi connectivity index (χ4n) is 4.13. The Bertz CT molecular complexity index is 758. The number of rotatable bonds is 5. The summed E-state index contributed by atoms with van der Waals surface area (Å²) in [6, 6.07) is 6.04. The average Bonchev–Trinajstić information content (AvgIpc) is 3.44. The van der Waals surface area contributed by atoms with Gasteiger partial charge in [0.2, 0.25) is 0 Å². The molecule has 1 aromatic heterocycles. The highest BCUT2D eigenvalue weighted by atomic mass is 19.4. The molecule has 1 N–H and O–H groups in total. The molecule has 4 heterocycles. The lowest BCUT2D eigenvalue weighted by atomic mass is 9.99. The van der Waals surface area contributed by atoms with Gasteiger partial charge in [-0.1, -0.05) is 6.07 Å². The van der Waals surface area contributed by atoms with E-state index in [1.807, 2.05) is 23.1 Å². The number of aromatic nitrogens is 1. The topological polar surface area (TPSA) is 98.2 Å². The second kappa shape index (κ2) is 11.1. The first-order valence-corrected chi connectivity index (χ1v) is 10.6. The van der Waals surface area contributed by atoms with Gasteiger partial charge in [0.1, 0.15) is 6.10 Å². The van der Waals surface area contributed by atoms with Crippen LogP contribution in [0.15, 0.2) is 24.4 Å². The van der Waals surface area contributed by atoms with Gasteiger partial charge in [0.25, 0.3) is 5.91 Å². The van der Waals surface area contributed by atoms with Gasteiger partial charge in [-0.05, 0) is 44.2 Å². The number of carbonyl (C=O) groups is 2. The smallest absolute Gasteiger partial charge is 0.475 e. The van der Waals surface area contributed by atoms with Crippen LogP contribution in [-0.2, 0) is 30.4 Å². The van der Waals surface area contributed by atoms with E-state index < -0.39 is 12.1 Å². The van der Waals surface area contributed by atoms with Crippen molar-refractivity contribution < 1.29 is 42.1 Å². The number of halogens is 3. The summed E-state index contributed by atoms with van der Waals surface area (Å²) in [5, 5.41) is 7.12. The van der Waals surface area contributed by atoms with Gasteiger partial charge in [-0.15, -0.1) is 0 Å². The Hall–Kier alpha value is -2.24. The van der Waals surface area contributed by atoms with Crippen molar-refractivity contribution in [2.45, 2.75) is 69.2 Å². The highest BCUT2D eigenvalue weighted by Crippen LogP contribution is 2.33. The highest BCUT2D eigenvalue weighted by Gasteiger charge is 2.44. The first-order valence-electron chi connectivity index (χ1n) is 10.6. The number of hydrogen-bond acceptors (Lipinski definition) is 6. The quantitative estimate of drug-likeness (QED) is 0.721. The molecule has 0 radical (unpaired) electrons. The summed E-state index contributed by atoms with van der Waals surface area (Å²) in [7, 11) is 0. The monoisotopic (exact) mass is 460 g/mol. The Morgan fingerprint density at radius 1 is 1.22 bits per heavy atom. The van der Waals surface area contributed by atoms with E-state index in [4.69, 9.17) is 24.1 Å². The molecule has 11 heteroatoms. The van der Waals surface area contributed by atoms with E-state index in [1.54, 1.807) is 6.20 Å². The molecule has 1 aromatic rings. The number of aliphatic carboxylic acids is 1. The van der Waals surface area contributed by atoms with Crippen LogP contribution in [0.5, 0.6) is 0 Å². The van der Waals surface area contributed by atoms with Crippen LogP contribution in [0.25, 0.3) is 0 Å². The van der Waals surface area contributed by atoms with Gasteiger partial charge in [0.15, 0.2) is 0 Å². The number of amides is 1. The normalized spacial score (nSPS) is 27.4. The minimum Gasteiger partial charge on any atom is -0.475 e. The van der Waals surface area contributed by atoms with E-state index >= 15 is 0 Å². The number of fused-ring (bicyclic) bond motifs is 1. The molecule has 1 unspecified atom stereocenters. The molecule has 3 saturated heterocycles. The van der Waals surface area contributed by atoms with E-state index in [1.165, 1.54) is 0 Å². The molecule has 8 nitrogen and oxygen atoms in total. The van der Waals surface area contributed by atoms with Crippen molar-refractivity contribution in [1.29, 1.82) is 0 Å². The molecule has 3 aliphatic heterocycles. The maximum Gasteiger partial charge on any atom is 0.490 e. The number of carboxylic acids is 1. The molecule has 3 fully saturated rings. The van der Waals surface area contributed by atoms with Gasteiger partial charge >= 0.3 is 12.1 Å². The Balaban J connectivity index is 0.000000360. The number of nitrogens with zero attached hydrogens (tertiary/aromatic N) is 2. The Morgan fingerprint density at radius 2 is 2.00 bits per heavy atom. The molecular formula is C21H27F3N2O6. The number of alkyl halides is 3. The van der Waals surface area contributed by atoms with E-state index in [9.17, 15) is 18.0 Å². The van der Waals surface area contributed by atoms with Gasteiger partial charge in [0.05, 0.1) is 37.2 Å². The standard InChI is InChI=1S/C19H26N2O4.C2HF3O2/c22-19(18-5-3-11-24-18)21-10-8-17-16(21)7-6-15(25-17)13-23-12-14-4-1-2-9-20-14;3-2(4,5)1(6)7/h1-2,4,9,15-18H,3,5-8,10-13H2;(H,6,7)/t15-,16-,17-,18?;/m0./s1. The lowest BCUT2D eigenvalue weighted by Gasteiger charge is -2.36. The SMILES string of the molecule is O=C(C1CCCO1)N1CC[C@@H]2O[C@H](COCc3ccccn3)CC[C@@H]21.O=C(O)C(F)(F)F. The Kier molecular flexibility index (Phi) is 8.44. The molecule has 32 heavy (non-hydrogen) atoms. The van der Waals surface area contributed by atoms with Crippen molar-refractivity contribution >= 4 is 11.9 Å². The highest BCUT2D eigenvalue weighted by molar-refractivity contribution is 5.81. The van der Waals surface area contributed by atoms with E-state index in [2.05, 4.69) is 4.98 Å². The van der Waals surface area contributed by atoms with Gasteiger partial charge in [0, 0.05) is 19.3 Å². The lowest BCUT2D eigenvalue weighted by molar-refractivity contribution is -0.192. The number of ether oxygens (including phenoxy) is 3. The molecule has 0 spiro atoms. The van der Waals surface area contributed by atoms with Gasteiger partial charge < -0.3 is 24.2 Å². The molecule has 4 rings (SSSR count). The summed E-state index contributed by atoms with van der Waals surface area (Å²) < 4.78 is 49.3. The molecule has 0 aliphatic carbocycles.